The molecule has 3 rings (SSSR count). The molecule has 3 saturated heterocycles. The Kier molecular flexibility index (Phi) is 15.9. The molecular weight excluding hydrogens is 690 g/mol. The molecule has 0 saturated carbocycles. The minimum atomic E-state index is -1.73. The number of Topliss-reactive ketones (excluding diaryl/α,β-unsaturated/α-hetero) is 1. The molecule has 14 heteroatoms. The van der Waals surface area contributed by atoms with Crippen molar-refractivity contribution in [3.8, 4) is 0 Å². The lowest BCUT2D eigenvalue weighted by Crippen LogP contribution is -2.61. The number of hydrogen-bond acceptors (Lipinski definition) is 14. The molecule has 3 aliphatic heterocycles. The van der Waals surface area contributed by atoms with Gasteiger partial charge in [0.05, 0.1) is 47.6 Å². The summed E-state index contributed by atoms with van der Waals surface area (Å²) in [5.41, 5.74) is -3.96. The summed E-state index contributed by atoms with van der Waals surface area (Å²) in [6.45, 7) is 17.7. The summed E-state index contributed by atoms with van der Waals surface area (Å²) in [5.74, 6) is -3.88. The highest BCUT2D eigenvalue weighted by atomic mass is 16.7. The van der Waals surface area contributed by atoms with Crippen LogP contribution in [0.5, 0.6) is 0 Å². The van der Waals surface area contributed by atoms with Crippen molar-refractivity contribution in [1.29, 1.82) is 0 Å². The number of methoxy groups -OCH3 is 3. The second-order valence-corrected chi connectivity index (χ2v) is 16.8. The number of cyclic esters (lactones) is 1. The maximum atomic E-state index is 14.3. The van der Waals surface area contributed by atoms with Gasteiger partial charge in [-0.15, -0.1) is 0 Å². The fourth-order valence-electron chi connectivity index (χ4n) is 9.01. The van der Waals surface area contributed by atoms with E-state index in [2.05, 4.69) is 0 Å². The first-order chi connectivity index (χ1) is 24.5. The Morgan fingerprint density at radius 1 is 0.849 bits per heavy atom. The fraction of sp³-hybridized carbons (Fsp3) is 0.949. The lowest BCUT2D eigenvalue weighted by Gasteiger charge is -2.50. The molecule has 0 radical (unpaired) electrons. The van der Waals surface area contributed by atoms with Crippen molar-refractivity contribution >= 4 is 11.8 Å². The van der Waals surface area contributed by atoms with Crippen LogP contribution in [0.3, 0.4) is 0 Å². The molecule has 53 heavy (non-hydrogen) atoms. The SMILES string of the molecule is CC[C@H]1OC(=O)[C@H](C)[C@@H](O[C@H]2C[C@@](C)(OC)[C@@H](O)[C@H](C)O2)[C@H](C)[C@@H](O[C@@H]2O[C@H](C)C[C@H](N(C)C)[C@H]2O)[C@](C)(OC)C[C@@H](C)C(=O)[C@H](C)[C@@H](OC)[C@@]1(C)O. The number of hydrogen-bond donors (Lipinski definition) is 3. The van der Waals surface area contributed by atoms with Crippen molar-refractivity contribution in [2.75, 3.05) is 35.4 Å². The number of esters is 1. The normalized spacial score (nSPS) is 48.3. The van der Waals surface area contributed by atoms with E-state index in [-0.39, 0.29) is 37.2 Å². The number of likely N-dealkylation sites (N-methyl/N-ethyl adjacent to an activating group) is 1. The third-order valence-electron chi connectivity index (χ3n) is 12.5. The van der Waals surface area contributed by atoms with Crippen molar-refractivity contribution in [1.82, 2.24) is 4.90 Å². The molecular formula is C39H71NO13. The predicted octanol–water partition coefficient (Wildman–Crippen LogP) is 3.09. The molecule has 3 N–H and O–H groups in total. The van der Waals surface area contributed by atoms with Crippen LogP contribution in [-0.4, -0.2) is 152 Å². The van der Waals surface area contributed by atoms with E-state index < -0.39 is 102 Å². The standard InChI is InChI=1S/C39H71NO13/c1-16-27-39(10,45)34(46-13)22(4)29(41)20(2)18-38(9,48-15)33(53-36-30(42)26(40(11)12)17-21(3)49-36)23(5)31(24(6)35(44)51-27)52-28-19-37(8,47-14)32(43)25(7)50-28/h20-28,30-34,36,42-43,45H,16-19H2,1-15H3/t20-,21-,22+,23+,24-,25+,26+,27-,28+,30-,31+,32+,33-,34-,36+,37-,38-,39+/m1/s1. The van der Waals surface area contributed by atoms with Gasteiger partial charge in [0.25, 0.3) is 0 Å². The van der Waals surface area contributed by atoms with Gasteiger partial charge in [0.2, 0.25) is 0 Å². The minimum absolute atomic E-state index is 0.144. The number of aliphatic hydroxyl groups is 3. The summed E-state index contributed by atoms with van der Waals surface area (Å²) >= 11 is 0. The monoisotopic (exact) mass is 761 g/mol. The molecule has 0 unspecified atom stereocenters. The van der Waals surface area contributed by atoms with E-state index in [9.17, 15) is 24.9 Å². The molecule has 14 nitrogen and oxygen atoms in total. The van der Waals surface area contributed by atoms with E-state index in [0.717, 1.165) is 0 Å². The average molecular weight is 762 g/mol. The molecule has 0 spiro atoms. The van der Waals surface area contributed by atoms with Crippen molar-refractivity contribution in [2.45, 2.75) is 179 Å². The van der Waals surface area contributed by atoms with Crippen LogP contribution in [0.1, 0.15) is 94.9 Å². The van der Waals surface area contributed by atoms with Crippen LogP contribution in [0.4, 0.5) is 0 Å². The van der Waals surface area contributed by atoms with Crippen LogP contribution in [-0.2, 0) is 47.5 Å². The first kappa shape index (κ1) is 46.1. The van der Waals surface area contributed by atoms with Gasteiger partial charge in [-0.1, -0.05) is 27.7 Å². The molecule has 18 atom stereocenters. The van der Waals surface area contributed by atoms with Gasteiger partial charge in [-0.3, -0.25) is 9.59 Å². The second-order valence-electron chi connectivity index (χ2n) is 16.8. The summed E-state index contributed by atoms with van der Waals surface area (Å²) in [6.07, 6.45) is -7.72. The van der Waals surface area contributed by atoms with Crippen molar-refractivity contribution in [3.63, 3.8) is 0 Å². The Morgan fingerprint density at radius 3 is 1.98 bits per heavy atom. The summed E-state index contributed by atoms with van der Waals surface area (Å²) in [7, 11) is 8.26. The Hall–Kier alpha value is -1.30. The predicted molar refractivity (Wildman–Crippen MR) is 196 cm³/mol. The Balaban J connectivity index is 2.24. The zero-order valence-electron chi connectivity index (χ0n) is 34.9. The molecule has 310 valence electrons. The molecule has 3 fully saturated rings. The van der Waals surface area contributed by atoms with E-state index >= 15 is 0 Å². The summed E-state index contributed by atoms with van der Waals surface area (Å²) in [4.78, 5) is 30.5. The highest BCUT2D eigenvalue weighted by Crippen LogP contribution is 2.42. The largest absolute Gasteiger partial charge is 0.459 e. The van der Waals surface area contributed by atoms with E-state index in [1.807, 2.05) is 46.7 Å². The summed E-state index contributed by atoms with van der Waals surface area (Å²) in [6, 6.07) is -0.270. The van der Waals surface area contributed by atoms with Gasteiger partial charge >= 0.3 is 5.97 Å². The van der Waals surface area contributed by atoms with Crippen LogP contribution in [0.15, 0.2) is 0 Å². The zero-order chi connectivity index (χ0) is 40.4. The third-order valence-corrected chi connectivity index (χ3v) is 12.5. The first-order valence-corrected chi connectivity index (χ1v) is 19.3. The smallest absolute Gasteiger partial charge is 0.311 e. The van der Waals surface area contributed by atoms with Crippen LogP contribution in [0.25, 0.3) is 0 Å². The molecule has 0 aromatic rings. The first-order valence-electron chi connectivity index (χ1n) is 19.3. The van der Waals surface area contributed by atoms with Gasteiger partial charge < -0.3 is 58.1 Å². The molecule has 0 amide bonds. The van der Waals surface area contributed by atoms with E-state index in [4.69, 9.17) is 37.9 Å². The third kappa shape index (κ3) is 9.81. The number of aliphatic hydroxyl groups excluding tert-OH is 2. The lowest BCUT2D eigenvalue weighted by molar-refractivity contribution is -0.319. The quantitative estimate of drug-likeness (QED) is 0.293. The van der Waals surface area contributed by atoms with Crippen molar-refractivity contribution in [2.24, 2.45) is 23.7 Å². The number of ether oxygens (including phenoxy) is 8. The number of carbonyl (C=O) groups is 2. The molecule has 3 aliphatic rings. The van der Waals surface area contributed by atoms with Gasteiger partial charge in [0.15, 0.2) is 12.6 Å². The Bertz CT molecular complexity index is 1200. The Morgan fingerprint density at radius 2 is 1.45 bits per heavy atom. The molecule has 0 aromatic carbocycles. The second kappa shape index (κ2) is 18.3. The molecule has 0 aromatic heterocycles. The van der Waals surface area contributed by atoms with Crippen LogP contribution < -0.4 is 0 Å². The van der Waals surface area contributed by atoms with E-state index in [0.29, 0.717) is 6.42 Å². The van der Waals surface area contributed by atoms with E-state index in [1.165, 1.54) is 28.3 Å². The van der Waals surface area contributed by atoms with Gasteiger partial charge in [0.1, 0.15) is 29.7 Å². The number of rotatable bonds is 9. The molecule has 0 aliphatic carbocycles. The number of carbonyl (C=O) groups excluding carboxylic acids is 2. The van der Waals surface area contributed by atoms with Crippen LogP contribution in [0.2, 0.25) is 0 Å². The van der Waals surface area contributed by atoms with Crippen LogP contribution in [0, 0.1) is 23.7 Å². The van der Waals surface area contributed by atoms with E-state index in [1.54, 1.807) is 34.6 Å². The summed E-state index contributed by atoms with van der Waals surface area (Å²) in [5, 5.41) is 34.5. The maximum Gasteiger partial charge on any atom is 0.311 e. The minimum Gasteiger partial charge on any atom is -0.459 e. The summed E-state index contributed by atoms with van der Waals surface area (Å²) < 4.78 is 50.0. The lowest BCUT2D eigenvalue weighted by atomic mass is 9.73. The van der Waals surface area contributed by atoms with Gasteiger partial charge in [-0.05, 0) is 74.9 Å². The highest BCUT2D eigenvalue weighted by molar-refractivity contribution is 5.83. The molecule has 3 heterocycles. The fourth-order valence-corrected chi connectivity index (χ4v) is 9.01. The van der Waals surface area contributed by atoms with Crippen molar-refractivity contribution in [3.05, 3.63) is 0 Å². The van der Waals surface area contributed by atoms with Gasteiger partial charge in [0, 0.05) is 51.5 Å². The topological polar surface area (TPSA) is 172 Å². The Labute approximate surface area is 317 Å². The highest BCUT2D eigenvalue weighted by Gasteiger charge is 2.54. The number of nitrogens with zero attached hydrogens (tertiary/aromatic N) is 1. The van der Waals surface area contributed by atoms with Gasteiger partial charge in [-0.2, -0.15) is 0 Å². The zero-order valence-corrected chi connectivity index (χ0v) is 34.9. The van der Waals surface area contributed by atoms with Crippen LogP contribution >= 0.6 is 0 Å². The molecule has 0 bridgehead atoms. The van der Waals surface area contributed by atoms with Crippen molar-refractivity contribution < 1.29 is 62.8 Å². The average Bonchev–Trinajstić information content (AvgIpc) is 3.10. The van der Waals surface area contributed by atoms with Gasteiger partial charge in [-0.25, -0.2) is 0 Å². The number of ketones is 1. The maximum absolute atomic E-state index is 14.3.